The van der Waals surface area contributed by atoms with Crippen LogP contribution < -0.4 is 4.74 Å². The smallest absolute Gasteiger partial charge is 0.121 e. The summed E-state index contributed by atoms with van der Waals surface area (Å²) in [5.74, 6) is 0.930. The van der Waals surface area contributed by atoms with Gasteiger partial charge < -0.3 is 4.74 Å². The standard InChI is InChI=1S/C7H5I3O/c1-11-4-2-5(8)7(10)6(9)3-4/h2-3H,1H3. The minimum Gasteiger partial charge on any atom is -0.497 e. The van der Waals surface area contributed by atoms with E-state index in [4.69, 9.17) is 4.74 Å². The van der Waals surface area contributed by atoms with Crippen molar-refractivity contribution >= 4 is 67.8 Å². The number of ether oxygens (including phenoxy) is 1. The maximum absolute atomic E-state index is 5.12. The molecule has 0 aromatic heterocycles. The first-order valence-electron chi connectivity index (χ1n) is 2.83. The molecule has 0 fully saturated rings. The summed E-state index contributed by atoms with van der Waals surface area (Å²) in [7, 11) is 1.69. The van der Waals surface area contributed by atoms with Gasteiger partial charge in [-0.05, 0) is 79.9 Å². The lowest BCUT2D eigenvalue weighted by molar-refractivity contribution is 0.414. The van der Waals surface area contributed by atoms with Gasteiger partial charge in [-0.1, -0.05) is 0 Å². The average molecular weight is 486 g/mol. The predicted molar refractivity (Wildman–Crippen MR) is 71.1 cm³/mol. The molecule has 1 aromatic carbocycles. The van der Waals surface area contributed by atoms with Gasteiger partial charge in [-0.15, -0.1) is 0 Å². The highest BCUT2D eigenvalue weighted by atomic mass is 127. The molecule has 1 aromatic rings. The minimum absolute atomic E-state index is 0.930. The van der Waals surface area contributed by atoms with Crippen molar-refractivity contribution < 1.29 is 4.74 Å². The van der Waals surface area contributed by atoms with Crippen LogP contribution in [0.25, 0.3) is 0 Å². The lowest BCUT2D eigenvalue weighted by atomic mass is 10.3. The molecule has 0 heterocycles. The van der Waals surface area contributed by atoms with E-state index < -0.39 is 0 Å². The third-order valence-corrected chi connectivity index (χ3v) is 6.12. The molecule has 60 valence electrons. The fourth-order valence-corrected chi connectivity index (χ4v) is 2.67. The Labute approximate surface area is 107 Å². The van der Waals surface area contributed by atoms with E-state index in [0.717, 1.165) is 5.75 Å². The topological polar surface area (TPSA) is 9.23 Å². The second-order valence-electron chi connectivity index (χ2n) is 1.91. The summed E-state index contributed by atoms with van der Waals surface area (Å²) in [5.41, 5.74) is 0. The van der Waals surface area contributed by atoms with Crippen LogP contribution in [0, 0.1) is 10.7 Å². The number of hydrogen-bond acceptors (Lipinski definition) is 1. The summed E-state index contributed by atoms with van der Waals surface area (Å²) < 4.78 is 8.90. The van der Waals surface area contributed by atoms with Crippen LogP contribution in [-0.4, -0.2) is 7.11 Å². The van der Waals surface area contributed by atoms with Crippen molar-refractivity contribution in [3.8, 4) is 5.75 Å². The molecule has 0 aliphatic rings. The molecule has 4 heteroatoms. The lowest BCUT2D eigenvalue weighted by Gasteiger charge is -2.03. The Morgan fingerprint density at radius 2 is 1.55 bits per heavy atom. The van der Waals surface area contributed by atoms with E-state index in [0.29, 0.717) is 0 Å². The van der Waals surface area contributed by atoms with E-state index >= 15 is 0 Å². The molecule has 0 bridgehead atoms. The van der Waals surface area contributed by atoms with Gasteiger partial charge in [0.15, 0.2) is 0 Å². The molecule has 0 N–H and O–H groups in total. The lowest BCUT2D eigenvalue weighted by Crippen LogP contribution is -1.89. The molecule has 0 unspecified atom stereocenters. The fraction of sp³-hybridized carbons (Fsp3) is 0.143. The average Bonchev–Trinajstić information content (AvgIpc) is 1.99. The minimum atomic E-state index is 0.930. The summed E-state index contributed by atoms with van der Waals surface area (Å²) in [5, 5.41) is 0. The molecule has 0 aliphatic heterocycles. The zero-order chi connectivity index (χ0) is 8.43. The molecular weight excluding hydrogens is 481 g/mol. The quantitative estimate of drug-likeness (QED) is 0.437. The Hall–Kier alpha value is 1.21. The number of halogens is 3. The van der Waals surface area contributed by atoms with E-state index in [-0.39, 0.29) is 0 Å². The van der Waals surface area contributed by atoms with Crippen molar-refractivity contribution in [2.45, 2.75) is 0 Å². The van der Waals surface area contributed by atoms with Gasteiger partial charge in [0, 0.05) is 10.7 Å². The fourth-order valence-electron chi connectivity index (χ4n) is 0.650. The van der Waals surface area contributed by atoms with Crippen molar-refractivity contribution in [1.29, 1.82) is 0 Å². The first-order chi connectivity index (χ1) is 5.15. The van der Waals surface area contributed by atoms with Crippen molar-refractivity contribution in [2.75, 3.05) is 7.11 Å². The highest BCUT2D eigenvalue weighted by molar-refractivity contribution is 14.1. The second kappa shape index (κ2) is 4.45. The maximum atomic E-state index is 5.12. The summed E-state index contributed by atoms with van der Waals surface area (Å²) in [6.45, 7) is 0. The van der Waals surface area contributed by atoms with Gasteiger partial charge in [0.25, 0.3) is 0 Å². The Bertz CT molecular complexity index is 249. The maximum Gasteiger partial charge on any atom is 0.121 e. The molecule has 0 spiro atoms. The second-order valence-corrected chi connectivity index (χ2v) is 5.31. The van der Waals surface area contributed by atoms with E-state index in [1.54, 1.807) is 7.11 Å². The molecule has 11 heavy (non-hydrogen) atoms. The van der Waals surface area contributed by atoms with E-state index in [1.807, 2.05) is 12.1 Å². The molecule has 0 amide bonds. The highest BCUT2D eigenvalue weighted by Crippen LogP contribution is 2.26. The summed E-state index contributed by atoms with van der Waals surface area (Å²) in [6, 6.07) is 4.06. The van der Waals surface area contributed by atoms with Crippen molar-refractivity contribution in [1.82, 2.24) is 0 Å². The van der Waals surface area contributed by atoms with Crippen LogP contribution in [-0.2, 0) is 0 Å². The number of benzene rings is 1. The third-order valence-electron chi connectivity index (χ3n) is 1.19. The first-order valence-corrected chi connectivity index (χ1v) is 6.07. The van der Waals surface area contributed by atoms with Gasteiger partial charge >= 0.3 is 0 Å². The van der Waals surface area contributed by atoms with Crippen molar-refractivity contribution in [3.05, 3.63) is 22.8 Å². The Morgan fingerprint density at radius 3 is 1.91 bits per heavy atom. The summed E-state index contributed by atoms with van der Waals surface area (Å²) in [6.07, 6.45) is 0. The van der Waals surface area contributed by atoms with E-state index in [9.17, 15) is 0 Å². The molecule has 0 aliphatic carbocycles. The zero-order valence-corrected chi connectivity index (χ0v) is 12.2. The Balaban J connectivity index is 3.21. The van der Waals surface area contributed by atoms with Crippen molar-refractivity contribution in [3.63, 3.8) is 0 Å². The third kappa shape index (κ3) is 2.58. The van der Waals surface area contributed by atoms with Crippen LogP contribution in [0.5, 0.6) is 5.75 Å². The van der Waals surface area contributed by atoms with Gasteiger partial charge in [-0.3, -0.25) is 0 Å². The molecular formula is C7H5I3O. The number of methoxy groups -OCH3 is 1. The molecule has 0 saturated carbocycles. The van der Waals surface area contributed by atoms with Crippen LogP contribution >= 0.6 is 67.8 Å². The summed E-state index contributed by atoms with van der Waals surface area (Å²) >= 11 is 6.94. The van der Waals surface area contributed by atoms with Gasteiger partial charge in [-0.25, -0.2) is 0 Å². The first kappa shape index (κ1) is 10.3. The van der Waals surface area contributed by atoms with Gasteiger partial charge in [0.1, 0.15) is 5.75 Å². The van der Waals surface area contributed by atoms with Crippen LogP contribution in [0.4, 0.5) is 0 Å². The van der Waals surface area contributed by atoms with Gasteiger partial charge in [-0.2, -0.15) is 0 Å². The van der Waals surface area contributed by atoms with Crippen LogP contribution in [0.1, 0.15) is 0 Å². The van der Waals surface area contributed by atoms with Crippen LogP contribution in [0.2, 0.25) is 0 Å². The Kier molecular flexibility index (Phi) is 4.16. The molecule has 1 nitrogen and oxygen atoms in total. The number of hydrogen-bond donors (Lipinski definition) is 0. The van der Waals surface area contributed by atoms with Crippen molar-refractivity contribution in [2.24, 2.45) is 0 Å². The largest absolute Gasteiger partial charge is 0.497 e. The van der Waals surface area contributed by atoms with Crippen LogP contribution in [0.15, 0.2) is 12.1 Å². The molecule has 0 saturated heterocycles. The van der Waals surface area contributed by atoms with E-state index in [2.05, 4.69) is 67.8 Å². The normalized spacial score (nSPS) is 9.82. The predicted octanol–water partition coefficient (Wildman–Crippen LogP) is 3.51. The monoisotopic (exact) mass is 486 g/mol. The SMILES string of the molecule is COc1cc(I)c(I)c(I)c1. The van der Waals surface area contributed by atoms with Gasteiger partial charge in [0.2, 0.25) is 0 Å². The Morgan fingerprint density at radius 1 is 1.09 bits per heavy atom. The van der Waals surface area contributed by atoms with E-state index in [1.165, 1.54) is 10.7 Å². The molecule has 0 atom stereocenters. The zero-order valence-electron chi connectivity index (χ0n) is 5.70. The summed E-state index contributed by atoms with van der Waals surface area (Å²) in [4.78, 5) is 0. The highest BCUT2D eigenvalue weighted by Gasteiger charge is 2.03. The van der Waals surface area contributed by atoms with Gasteiger partial charge in [0.05, 0.1) is 7.11 Å². The van der Waals surface area contributed by atoms with Crippen LogP contribution in [0.3, 0.4) is 0 Å². The number of rotatable bonds is 1. The molecule has 0 radical (unpaired) electrons. The molecule has 1 rings (SSSR count).